The molecular weight excluding hydrogens is 132 g/mol. The van der Waals surface area contributed by atoms with E-state index in [1.807, 2.05) is 0 Å². The van der Waals surface area contributed by atoms with Crippen molar-refractivity contribution >= 4 is 11.8 Å². The van der Waals surface area contributed by atoms with Gasteiger partial charge in [0.1, 0.15) is 0 Å². The predicted octanol–water partition coefficient (Wildman–Crippen LogP) is -0.564. The van der Waals surface area contributed by atoms with Crippen molar-refractivity contribution in [3.05, 3.63) is 12.3 Å². The second kappa shape index (κ2) is 2.51. The Balaban J connectivity index is 2.61. The molecule has 0 aromatic rings. The van der Waals surface area contributed by atoms with E-state index < -0.39 is 0 Å². The van der Waals surface area contributed by atoms with Gasteiger partial charge >= 0.3 is 0 Å². The van der Waals surface area contributed by atoms with Crippen LogP contribution in [0.1, 0.15) is 6.92 Å². The van der Waals surface area contributed by atoms with E-state index in [-0.39, 0.29) is 18.5 Å². The van der Waals surface area contributed by atoms with E-state index in [4.69, 9.17) is 0 Å². The van der Waals surface area contributed by atoms with Gasteiger partial charge in [0, 0.05) is 19.2 Å². The zero-order chi connectivity index (χ0) is 7.56. The Labute approximate surface area is 58.5 Å². The van der Waals surface area contributed by atoms with Crippen LogP contribution in [0.5, 0.6) is 0 Å². The van der Waals surface area contributed by atoms with E-state index in [0.29, 0.717) is 0 Å². The molecule has 0 atom stereocenters. The van der Waals surface area contributed by atoms with Crippen molar-refractivity contribution in [2.24, 2.45) is 0 Å². The van der Waals surface area contributed by atoms with Crippen molar-refractivity contribution in [1.82, 2.24) is 10.2 Å². The Bertz CT molecular complexity index is 198. The van der Waals surface area contributed by atoms with E-state index in [1.165, 1.54) is 24.1 Å². The molecule has 4 heteroatoms. The van der Waals surface area contributed by atoms with Crippen LogP contribution in [0.4, 0.5) is 0 Å². The van der Waals surface area contributed by atoms with Crippen LogP contribution in [0.25, 0.3) is 0 Å². The summed E-state index contributed by atoms with van der Waals surface area (Å²) in [5, 5.41) is 2.49. The van der Waals surface area contributed by atoms with E-state index >= 15 is 0 Å². The molecule has 54 valence electrons. The van der Waals surface area contributed by atoms with Crippen LogP contribution in [0.15, 0.2) is 12.3 Å². The maximum atomic E-state index is 10.6. The molecule has 4 nitrogen and oxygen atoms in total. The number of rotatable bonds is 0. The van der Waals surface area contributed by atoms with Gasteiger partial charge in [0.2, 0.25) is 11.8 Å². The van der Waals surface area contributed by atoms with Crippen LogP contribution in [0.2, 0.25) is 0 Å². The molecule has 0 aromatic heterocycles. The number of nitrogens with zero attached hydrogens (tertiary/aromatic N) is 1. The molecule has 0 spiro atoms. The van der Waals surface area contributed by atoms with E-state index in [0.717, 1.165) is 0 Å². The monoisotopic (exact) mass is 140 g/mol. The quantitative estimate of drug-likeness (QED) is 0.490. The lowest BCUT2D eigenvalue weighted by molar-refractivity contribution is -0.128. The normalized spacial score (nSPS) is 16.9. The van der Waals surface area contributed by atoms with Gasteiger partial charge in [-0.05, 0) is 0 Å². The molecule has 0 saturated heterocycles. The molecule has 0 bridgehead atoms. The fourth-order valence-corrected chi connectivity index (χ4v) is 0.649. The molecule has 1 aliphatic rings. The summed E-state index contributed by atoms with van der Waals surface area (Å²) in [5.41, 5.74) is 0. The van der Waals surface area contributed by atoms with Gasteiger partial charge in [0.15, 0.2) is 0 Å². The third-order valence-electron chi connectivity index (χ3n) is 1.23. The molecule has 0 saturated carbocycles. The standard InChI is InChI=1S/C6H8N2O2/c1-5(9)8-3-2-6(10)7-4-8/h2-3H,4H2,1H3,(H,7,10). The lowest BCUT2D eigenvalue weighted by Gasteiger charge is -2.19. The smallest absolute Gasteiger partial charge is 0.246 e. The van der Waals surface area contributed by atoms with Crippen molar-refractivity contribution in [2.75, 3.05) is 6.67 Å². The first kappa shape index (κ1) is 6.80. The maximum absolute atomic E-state index is 10.6. The molecular formula is C6H8N2O2. The van der Waals surface area contributed by atoms with Crippen LogP contribution >= 0.6 is 0 Å². The van der Waals surface area contributed by atoms with Gasteiger partial charge in [-0.2, -0.15) is 0 Å². The van der Waals surface area contributed by atoms with Gasteiger partial charge in [-0.15, -0.1) is 0 Å². The summed E-state index contributed by atoms with van der Waals surface area (Å²) in [4.78, 5) is 22.5. The zero-order valence-corrected chi connectivity index (χ0v) is 5.63. The lowest BCUT2D eigenvalue weighted by Crippen LogP contribution is -2.40. The van der Waals surface area contributed by atoms with E-state index in [9.17, 15) is 9.59 Å². The summed E-state index contributed by atoms with van der Waals surface area (Å²) < 4.78 is 0. The molecule has 2 amide bonds. The van der Waals surface area contributed by atoms with Gasteiger partial charge < -0.3 is 10.2 Å². The molecule has 0 radical (unpaired) electrons. The van der Waals surface area contributed by atoms with E-state index in [2.05, 4.69) is 5.32 Å². The van der Waals surface area contributed by atoms with Gasteiger partial charge in [-0.3, -0.25) is 9.59 Å². The summed E-state index contributed by atoms with van der Waals surface area (Å²) in [6.45, 7) is 1.73. The highest BCUT2D eigenvalue weighted by Gasteiger charge is 2.09. The fourth-order valence-electron chi connectivity index (χ4n) is 0.649. The second-order valence-electron chi connectivity index (χ2n) is 2.00. The number of nitrogens with one attached hydrogen (secondary N) is 1. The summed E-state index contributed by atoms with van der Waals surface area (Å²) in [6.07, 6.45) is 2.80. The first-order chi connectivity index (χ1) is 4.70. The highest BCUT2D eigenvalue weighted by atomic mass is 16.2. The number of carbonyl (C=O) groups excluding carboxylic acids is 2. The highest BCUT2D eigenvalue weighted by Crippen LogP contribution is 1.93. The molecule has 1 N–H and O–H groups in total. The first-order valence-corrected chi connectivity index (χ1v) is 2.93. The Morgan fingerprint density at radius 3 is 2.90 bits per heavy atom. The first-order valence-electron chi connectivity index (χ1n) is 2.93. The summed E-state index contributed by atoms with van der Waals surface area (Å²) in [5.74, 6) is -0.228. The molecule has 0 aromatic carbocycles. The molecule has 10 heavy (non-hydrogen) atoms. The Hall–Kier alpha value is -1.32. The third-order valence-corrected chi connectivity index (χ3v) is 1.23. The SMILES string of the molecule is CC(=O)N1C=CC(=O)NC1. The topological polar surface area (TPSA) is 49.4 Å². The van der Waals surface area contributed by atoms with Crippen LogP contribution in [0.3, 0.4) is 0 Å². The predicted molar refractivity (Wildman–Crippen MR) is 34.7 cm³/mol. The van der Waals surface area contributed by atoms with E-state index in [1.54, 1.807) is 0 Å². The largest absolute Gasteiger partial charge is 0.335 e. The zero-order valence-electron chi connectivity index (χ0n) is 5.63. The van der Waals surface area contributed by atoms with Crippen molar-refractivity contribution in [1.29, 1.82) is 0 Å². The number of hydrogen-bond acceptors (Lipinski definition) is 2. The highest BCUT2D eigenvalue weighted by molar-refractivity contribution is 5.89. The van der Waals surface area contributed by atoms with Gasteiger partial charge in [-0.1, -0.05) is 0 Å². The van der Waals surface area contributed by atoms with Crippen molar-refractivity contribution < 1.29 is 9.59 Å². The summed E-state index contributed by atoms with van der Waals surface area (Å²) in [7, 11) is 0. The average Bonchev–Trinajstić information content (AvgIpc) is 1.88. The Kier molecular flexibility index (Phi) is 1.71. The van der Waals surface area contributed by atoms with Gasteiger partial charge in [0.25, 0.3) is 0 Å². The Morgan fingerprint density at radius 1 is 1.80 bits per heavy atom. The molecule has 1 aliphatic heterocycles. The maximum Gasteiger partial charge on any atom is 0.246 e. The molecule has 0 fully saturated rings. The van der Waals surface area contributed by atoms with Crippen molar-refractivity contribution in [3.8, 4) is 0 Å². The van der Waals surface area contributed by atoms with Crippen molar-refractivity contribution in [2.45, 2.75) is 6.92 Å². The van der Waals surface area contributed by atoms with Gasteiger partial charge in [-0.25, -0.2) is 0 Å². The number of amides is 2. The number of carbonyl (C=O) groups is 2. The molecule has 0 aliphatic carbocycles. The second-order valence-corrected chi connectivity index (χ2v) is 2.00. The minimum atomic E-state index is -0.155. The fraction of sp³-hybridized carbons (Fsp3) is 0.333. The van der Waals surface area contributed by atoms with Crippen LogP contribution in [-0.4, -0.2) is 23.4 Å². The molecule has 1 heterocycles. The van der Waals surface area contributed by atoms with Crippen LogP contribution in [-0.2, 0) is 9.59 Å². The van der Waals surface area contributed by atoms with Gasteiger partial charge in [0.05, 0.1) is 6.67 Å². The summed E-state index contributed by atoms with van der Waals surface area (Å²) in [6, 6.07) is 0. The van der Waals surface area contributed by atoms with Crippen LogP contribution < -0.4 is 5.32 Å². The Morgan fingerprint density at radius 2 is 2.50 bits per heavy atom. The molecule has 1 rings (SSSR count). The third kappa shape index (κ3) is 1.34. The molecule has 0 unspecified atom stereocenters. The lowest BCUT2D eigenvalue weighted by atomic mass is 10.4. The number of hydrogen-bond donors (Lipinski definition) is 1. The average molecular weight is 140 g/mol. The van der Waals surface area contributed by atoms with Crippen molar-refractivity contribution in [3.63, 3.8) is 0 Å². The van der Waals surface area contributed by atoms with Crippen LogP contribution in [0, 0.1) is 0 Å². The minimum absolute atomic E-state index is 0.0729. The minimum Gasteiger partial charge on any atom is -0.335 e. The summed E-state index contributed by atoms with van der Waals surface area (Å²) >= 11 is 0.